The second kappa shape index (κ2) is 6.46. The van der Waals surface area contributed by atoms with Crippen LogP contribution in [0.5, 0.6) is 0 Å². The van der Waals surface area contributed by atoms with Gasteiger partial charge < -0.3 is 19.1 Å². The average Bonchev–Trinajstić information content (AvgIpc) is 3.43. The fraction of sp³-hybridized carbons (Fsp3) is 0.429. The maximum absolute atomic E-state index is 13.5. The number of ether oxygens (including phenoxy) is 1. The Balaban J connectivity index is 1.43. The Morgan fingerprint density at radius 1 is 1.40 bits per heavy atom. The molecule has 9 heteroatoms. The van der Waals surface area contributed by atoms with Gasteiger partial charge in [0.2, 0.25) is 17.7 Å². The number of fused-ring (bicyclic) bond motifs is 1. The van der Waals surface area contributed by atoms with Crippen LogP contribution in [0.25, 0.3) is 0 Å². The molecule has 4 atom stereocenters. The van der Waals surface area contributed by atoms with E-state index >= 15 is 0 Å². The Morgan fingerprint density at radius 3 is 2.90 bits per heavy atom. The predicted octanol–water partition coefficient (Wildman–Crippen LogP) is 1.77. The van der Waals surface area contributed by atoms with Crippen molar-refractivity contribution in [2.75, 3.05) is 18.5 Å². The van der Waals surface area contributed by atoms with Crippen LogP contribution >= 0.6 is 0 Å². The molecule has 5 rings (SSSR count). The van der Waals surface area contributed by atoms with Crippen LogP contribution in [0.4, 0.5) is 10.1 Å². The van der Waals surface area contributed by atoms with Crippen molar-refractivity contribution in [2.24, 2.45) is 11.8 Å². The van der Waals surface area contributed by atoms with E-state index in [1.807, 2.05) is 12.2 Å². The molecular weight excluding hydrogens is 391 g/mol. The van der Waals surface area contributed by atoms with E-state index in [9.17, 15) is 14.0 Å². The summed E-state index contributed by atoms with van der Waals surface area (Å²) in [5.74, 6) is -1.19. The number of hydrogen-bond acceptors (Lipinski definition) is 6. The standard InChI is InChI=1S/C21H21FN4O4/c1-11-8-13(22)4-5-14(11)26-10-21-7-6-15(29-21)17(18(21)20(26)28)19(27)25(3)9-16-23-12(2)24-30-16/h4-8,15,17-18H,9-10H2,1-3H3/t15-,17-,18-,21-/m0/s1. The molecule has 1 spiro atoms. The molecule has 0 radical (unpaired) electrons. The number of aromatic nitrogens is 2. The minimum absolute atomic E-state index is 0.154. The van der Waals surface area contributed by atoms with Crippen LogP contribution in [-0.4, -0.2) is 52.2 Å². The number of carbonyl (C=O) groups excluding carboxylic acids is 2. The summed E-state index contributed by atoms with van der Waals surface area (Å²) >= 11 is 0. The highest BCUT2D eigenvalue weighted by molar-refractivity contribution is 6.03. The van der Waals surface area contributed by atoms with Gasteiger partial charge in [0, 0.05) is 12.7 Å². The molecule has 4 heterocycles. The lowest BCUT2D eigenvalue weighted by Crippen LogP contribution is -2.44. The molecule has 3 aliphatic heterocycles. The summed E-state index contributed by atoms with van der Waals surface area (Å²) in [6.07, 6.45) is 3.30. The summed E-state index contributed by atoms with van der Waals surface area (Å²) in [7, 11) is 1.64. The van der Waals surface area contributed by atoms with Gasteiger partial charge in [-0.3, -0.25) is 9.59 Å². The summed E-state index contributed by atoms with van der Waals surface area (Å²) in [6.45, 7) is 3.92. The van der Waals surface area contributed by atoms with E-state index in [2.05, 4.69) is 10.1 Å². The Labute approximate surface area is 172 Å². The maximum atomic E-state index is 13.5. The molecular formula is C21H21FN4O4. The second-order valence-electron chi connectivity index (χ2n) is 8.18. The molecule has 2 aromatic rings. The molecule has 2 bridgehead atoms. The van der Waals surface area contributed by atoms with Crippen molar-refractivity contribution in [3.05, 3.63) is 53.4 Å². The van der Waals surface area contributed by atoms with Gasteiger partial charge in [0.05, 0.1) is 31.0 Å². The Kier molecular flexibility index (Phi) is 4.08. The van der Waals surface area contributed by atoms with Crippen LogP contribution < -0.4 is 4.90 Å². The summed E-state index contributed by atoms with van der Waals surface area (Å²) < 4.78 is 24.8. The van der Waals surface area contributed by atoms with Crippen LogP contribution in [0, 0.1) is 31.5 Å². The highest BCUT2D eigenvalue weighted by atomic mass is 19.1. The number of aryl methyl sites for hydroxylation is 2. The molecule has 0 N–H and O–H groups in total. The van der Waals surface area contributed by atoms with Crippen LogP contribution in [0.1, 0.15) is 17.3 Å². The zero-order chi connectivity index (χ0) is 21.2. The molecule has 1 aromatic carbocycles. The monoisotopic (exact) mass is 412 g/mol. The average molecular weight is 412 g/mol. The third kappa shape index (κ3) is 2.68. The summed E-state index contributed by atoms with van der Waals surface area (Å²) in [5, 5.41) is 3.74. The first kappa shape index (κ1) is 18.9. The molecule has 2 amide bonds. The zero-order valence-corrected chi connectivity index (χ0v) is 16.8. The molecule has 3 aliphatic rings. The van der Waals surface area contributed by atoms with Crippen molar-refractivity contribution in [1.29, 1.82) is 0 Å². The van der Waals surface area contributed by atoms with E-state index in [0.717, 1.165) is 0 Å². The Bertz CT molecular complexity index is 1080. The number of anilines is 1. The van der Waals surface area contributed by atoms with E-state index in [4.69, 9.17) is 9.26 Å². The van der Waals surface area contributed by atoms with Crippen molar-refractivity contribution in [3.8, 4) is 0 Å². The minimum atomic E-state index is -0.842. The van der Waals surface area contributed by atoms with Crippen molar-refractivity contribution in [2.45, 2.75) is 32.1 Å². The topological polar surface area (TPSA) is 88.8 Å². The van der Waals surface area contributed by atoms with Crippen molar-refractivity contribution < 1.29 is 23.2 Å². The van der Waals surface area contributed by atoms with Crippen molar-refractivity contribution >= 4 is 17.5 Å². The Hall–Kier alpha value is -3.07. The van der Waals surface area contributed by atoms with Crippen LogP contribution in [0.2, 0.25) is 0 Å². The van der Waals surface area contributed by atoms with Gasteiger partial charge in [-0.15, -0.1) is 0 Å². The quantitative estimate of drug-likeness (QED) is 0.712. The normalized spacial score (nSPS) is 29.0. The third-order valence-corrected chi connectivity index (χ3v) is 6.15. The third-order valence-electron chi connectivity index (χ3n) is 6.15. The van der Waals surface area contributed by atoms with Crippen LogP contribution in [0.15, 0.2) is 34.9 Å². The molecule has 8 nitrogen and oxygen atoms in total. The highest BCUT2D eigenvalue weighted by Crippen LogP contribution is 2.53. The Morgan fingerprint density at radius 2 is 2.20 bits per heavy atom. The molecule has 0 unspecified atom stereocenters. The largest absolute Gasteiger partial charge is 0.360 e. The zero-order valence-electron chi connectivity index (χ0n) is 16.8. The van der Waals surface area contributed by atoms with Gasteiger partial charge in [-0.25, -0.2) is 4.39 Å². The fourth-order valence-corrected chi connectivity index (χ4v) is 4.85. The second-order valence-corrected chi connectivity index (χ2v) is 8.18. The van der Waals surface area contributed by atoms with Gasteiger partial charge >= 0.3 is 0 Å². The number of rotatable bonds is 4. The van der Waals surface area contributed by atoms with E-state index in [1.165, 1.54) is 17.0 Å². The smallest absolute Gasteiger partial charge is 0.246 e. The van der Waals surface area contributed by atoms with E-state index in [0.29, 0.717) is 29.5 Å². The van der Waals surface area contributed by atoms with E-state index < -0.39 is 23.5 Å². The summed E-state index contributed by atoms with van der Waals surface area (Å²) in [6, 6.07) is 4.32. The molecule has 2 fully saturated rings. The first-order chi connectivity index (χ1) is 14.3. The van der Waals surface area contributed by atoms with Gasteiger partial charge in [-0.05, 0) is 37.6 Å². The lowest BCUT2D eigenvalue weighted by Gasteiger charge is -2.27. The van der Waals surface area contributed by atoms with Crippen molar-refractivity contribution in [1.82, 2.24) is 15.0 Å². The molecule has 156 valence electrons. The van der Waals surface area contributed by atoms with Gasteiger partial charge in [0.15, 0.2) is 5.82 Å². The summed E-state index contributed by atoms with van der Waals surface area (Å²) in [5.41, 5.74) is 0.446. The number of benzene rings is 1. The molecule has 1 aromatic heterocycles. The molecule has 2 saturated heterocycles. The minimum Gasteiger partial charge on any atom is -0.360 e. The van der Waals surface area contributed by atoms with E-state index in [-0.39, 0.29) is 24.2 Å². The van der Waals surface area contributed by atoms with Crippen molar-refractivity contribution in [3.63, 3.8) is 0 Å². The van der Waals surface area contributed by atoms with Gasteiger partial charge in [0.25, 0.3) is 0 Å². The molecule has 30 heavy (non-hydrogen) atoms. The lowest BCUT2D eigenvalue weighted by atomic mass is 9.76. The van der Waals surface area contributed by atoms with Crippen LogP contribution in [0.3, 0.4) is 0 Å². The SMILES string of the molecule is Cc1noc(CN(C)C(=O)[C@H]2[C@@H]3C=C[C@@]4(CN(c5ccc(F)cc5C)C(=O)[C@H]24)O3)n1. The van der Waals surface area contributed by atoms with E-state index in [1.54, 1.807) is 31.9 Å². The lowest BCUT2D eigenvalue weighted by molar-refractivity contribution is -0.139. The van der Waals surface area contributed by atoms with Gasteiger partial charge in [0.1, 0.15) is 11.4 Å². The fourth-order valence-electron chi connectivity index (χ4n) is 4.85. The first-order valence-electron chi connectivity index (χ1n) is 9.78. The molecule has 0 saturated carbocycles. The van der Waals surface area contributed by atoms with Crippen LogP contribution in [-0.2, 0) is 20.9 Å². The molecule has 0 aliphatic carbocycles. The number of halogens is 1. The predicted molar refractivity (Wildman–Crippen MR) is 103 cm³/mol. The number of amides is 2. The van der Waals surface area contributed by atoms with Gasteiger partial charge in [-0.2, -0.15) is 4.98 Å². The first-order valence-corrected chi connectivity index (χ1v) is 9.78. The summed E-state index contributed by atoms with van der Waals surface area (Å²) in [4.78, 5) is 33.9. The number of carbonyl (C=O) groups is 2. The van der Waals surface area contributed by atoms with Gasteiger partial charge in [-0.1, -0.05) is 17.3 Å². The number of nitrogens with zero attached hydrogens (tertiary/aromatic N) is 4. The number of hydrogen-bond donors (Lipinski definition) is 0. The maximum Gasteiger partial charge on any atom is 0.246 e. The highest BCUT2D eigenvalue weighted by Gasteiger charge is 2.67.